The standard InChI is InChI=1S/C8H10F6Si.C8H11F5OSi.C8H12F4OSi.2C8H13F3OSi.C8H14F2Si.C7H11F3OSi/c1-3-15(4-2,5-7(9,10)11)6-8(12,13)14;1-4-15(3,5-2)14-6-7(9,10)8(11,12)13;1-4-14(3,5-2)13-6-8(11,12)7(9)10;2*1-5-13(4,6-2)12-7(3)8(9,10)11;1-4-11(3,5-2)7-6-8(9)10;1-4-12(3,5-2)11-6-7(8,9)10/h3-4H,1-2,5-6H2;4-5H,1-2,6H2,3H3;4-5,7H,1-2,6H2,3H3;2*5-7H,1-2H2,3-4H3;4-5,8H,1-2,6-7H2,3H3;4-5H,1-2,6H2,3H3. The van der Waals surface area contributed by atoms with Gasteiger partial charge in [-0.1, -0.05) is 86.3 Å². The third-order valence-corrected chi connectivity index (χ3v) is 31.1. The number of hydrogen-bond donors (Lipinski definition) is 0. The van der Waals surface area contributed by atoms with Crippen LogP contribution in [0.15, 0.2) is 172 Å². The molecule has 0 amide bonds. The lowest BCUT2D eigenvalue weighted by molar-refractivity contribution is -0.290. The third kappa shape index (κ3) is 50.0. The van der Waals surface area contributed by atoms with Crippen molar-refractivity contribution in [1.29, 1.82) is 0 Å². The molecule has 0 N–H and O–H groups in total. The molecule has 38 heteroatoms. The maximum atomic E-state index is 12.4. The van der Waals surface area contributed by atoms with Gasteiger partial charge in [-0.15, -0.1) is 92.1 Å². The van der Waals surface area contributed by atoms with Crippen LogP contribution in [0.3, 0.4) is 0 Å². The van der Waals surface area contributed by atoms with Crippen molar-refractivity contribution < 1.29 is 136 Å². The molecule has 0 saturated carbocycles. The van der Waals surface area contributed by atoms with E-state index in [2.05, 4.69) is 101 Å². The van der Waals surface area contributed by atoms with Crippen LogP contribution >= 0.6 is 0 Å². The minimum Gasteiger partial charge on any atom is -0.403 e. The van der Waals surface area contributed by atoms with Crippen LogP contribution in [0.2, 0.25) is 57.4 Å². The van der Waals surface area contributed by atoms with Gasteiger partial charge in [0.05, 0.1) is 8.07 Å². The average molecular weight is 1520 g/mol. The summed E-state index contributed by atoms with van der Waals surface area (Å²) < 4.78 is 336. The van der Waals surface area contributed by atoms with Crippen LogP contribution in [0.25, 0.3) is 0 Å². The molecule has 0 aliphatic rings. The minimum atomic E-state index is -5.59. The fraction of sp³-hybridized carbons (Fsp3) is 0.491. The predicted molar refractivity (Wildman–Crippen MR) is 334 cm³/mol. The molecule has 0 rings (SSSR count). The Morgan fingerprint density at radius 1 is 0.344 bits per heavy atom. The summed E-state index contributed by atoms with van der Waals surface area (Å²) in [5.74, 6) is -8.95. The highest BCUT2D eigenvalue weighted by Gasteiger charge is 2.58. The molecule has 0 heterocycles. The molecule has 2 unspecified atom stereocenters. The summed E-state index contributed by atoms with van der Waals surface area (Å²) in [4.78, 5) is 0. The molecule has 0 spiro atoms. The van der Waals surface area contributed by atoms with Crippen molar-refractivity contribution in [3.8, 4) is 0 Å². The molecule has 0 radical (unpaired) electrons. The van der Waals surface area contributed by atoms with Crippen molar-refractivity contribution in [3.05, 3.63) is 172 Å². The maximum Gasteiger partial charge on any atom is 0.455 e. The average Bonchev–Trinajstić information content (AvgIpc) is 1.05. The second-order valence-corrected chi connectivity index (χ2v) is 46.0. The SMILES string of the molecule is C=C[Si](C)(C=C)CCC(F)F.C=C[Si](C)(C=C)OC(C)C(F)(F)F.C=C[Si](C)(C=C)OC(C)C(F)(F)F.C=C[Si](C)(C=C)OCC(F)(F)C(F)(F)F.C=C[Si](C)(C=C)OCC(F)(F)C(F)F.C=C[Si](C)(C=C)OCC(F)(F)F.C=C[Si](C=C)(CC(F)(F)F)CC(F)(F)F. The van der Waals surface area contributed by atoms with E-state index in [1.807, 2.05) is 6.55 Å². The monoisotopic (exact) mass is 1510 g/mol. The van der Waals surface area contributed by atoms with Crippen LogP contribution in [0.4, 0.5) is 114 Å². The molecular formula is C55H84F26O5Si7. The Balaban J connectivity index is -0.000000186. The Bertz CT molecular complexity index is 2180. The molecule has 0 aromatic rings. The maximum absolute atomic E-state index is 12.4. The predicted octanol–water partition coefficient (Wildman–Crippen LogP) is 21.9. The zero-order valence-corrected chi connectivity index (χ0v) is 59.6. The van der Waals surface area contributed by atoms with Gasteiger partial charge >= 0.3 is 55.3 Å². The summed E-state index contributed by atoms with van der Waals surface area (Å²) in [5, 5.41) is 0. The summed E-state index contributed by atoms with van der Waals surface area (Å²) in [6.45, 7) is 54.8. The molecular weight excluding hydrogens is 1430 g/mol. The van der Waals surface area contributed by atoms with Crippen molar-refractivity contribution in [2.75, 3.05) is 19.8 Å². The first-order valence-corrected chi connectivity index (χ1v) is 44.4. The van der Waals surface area contributed by atoms with Gasteiger partial charge < -0.3 is 22.1 Å². The molecule has 0 aliphatic heterocycles. The zero-order chi connectivity index (χ0) is 76.2. The lowest BCUT2D eigenvalue weighted by atomic mass is 10.3. The second-order valence-electron chi connectivity index (χ2n) is 20.4. The van der Waals surface area contributed by atoms with Gasteiger partial charge in [0.25, 0.3) is 0 Å². The number of rotatable bonds is 32. The van der Waals surface area contributed by atoms with Gasteiger partial charge in [-0.05, 0) is 52.6 Å². The second kappa shape index (κ2) is 43.2. The molecule has 544 valence electrons. The van der Waals surface area contributed by atoms with Crippen molar-refractivity contribution in [3.63, 3.8) is 0 Å². The first-order chi connectivity index (χ1) is 41.3. The lowest BCUT2D eigenvalue weighted by Crippen LogP contribution is -2.44. The molecule has 0 aromatic heterocycles. The van der Waals surface area contributed by atoms with Gasteiger partial charge in [-0.25, -0.2) is 17.6 Å². The number of hydrogen-bond acceptors (Lipinski definition) is 5. The van der Waals surface area contributed by atoms with E-state index in [1.54, 1.807) is 31.0 Å². The molecule has 0 fully saturated rings. The number of halogens is 26. The highest BCUT2D eigenvalue weighted by Crippen LogP contribution is 2.38. The van der Waals surface area contributed by atoms with Crippen LogP contribution in [0, 0.1) is 0 Å². The van der Waals surface area contributed by atoms with E-state index < -0.39 is 164 Å². The van der Waals surface area contributed by atoms with Gasteiger partial charge in [0, 0.05) is 18.5 Å². The van der Waals surface area contributed by atoms with Crippen molar-refractivity contribution in [1.82, 2.24) is 0 Å². The van der Waals surface area contributed by atoms with E-state index in [-0.39, 0.29) is 6.42 Å². The lowest BCUT2D eigenvalue weighted by Gasteiger charge is -2.26. The molecule has 5 nitrogen and oxygen atoms in total. The summed E-state index contributed by atoms with van der Waals surface area (Å²) in [6.07, 6.45) is -37.2. The Morgan fingerprint density at radius 3 is 0.785 bits per heavy atom. The van der Waals surface area contributed by atoms with Crippen molar-refractivity contribution in [2.24, 2.45) is 0 Å². The topological polar surface area (TPSA) is 46.2 Å². The molecule has 0 aromatic carbocycles. The number of alkyl halides is 26. The van der Waals surface area contributed by atoms with Crippen LogP contribution < -0.4 is 0 Å². The highest BCUT2D eigenvalue weighted by atomic mass is 28.4. The molecule has 0 saturated heterocycles. The zero-order valence-electron chi connectivity index (χ0n) is 52.6. The van der Waals surface area contributed by atoms with Gasteiger partial charge in [-0.2, -0.15) is 96.6 Å². The summed E-state index contributed by atoms with van der Waals surface area (Å²) >= 11 is 0. The van der Waals surface area contributed by atoms with Crippen LogP contribution in [0.5, 0.6) is 0 Å². The van der Waals surface area contributed by atoms with Gasteiger partial charge in [0.2, 0.25) is 48.0 Å². The minimum absolute atomic E-state index is 0.0270. The van der Waals surface area contributed by atoms with Gasteiger partial charge in [0.15, 0.2) is 0 Å². The molecule has 2 atom stereocenters. The van der Waals surface area contributed by atoms with Crippen molar-refractivity contribution >= 4 is 57.7 Å². The van der Waals surface area contributed by atoms with E-state index in [4.69, 9.17) is 13.3 Å². The summed E-state index contributed by atoms with van der Waals surface area (Å²) in [5.41, 5.74) is 18.8. The first-order valence-electron chi connectivity index (χ1n) is 26.2. The van der Waals surface area contributed by atoms with Crippen LogP contribution in [-0.4, -0.2) is 152 Å². The smallest absolute Gasteiger partial charge is 0.403 e. The largest absolute Gasteiger partial charge is 0.455 e. The van der Waals surface area contributed by atoms with E-state index in [0.717, 1.165) is 25.2 Å². The van der Waals surface area contributed by atoms with Crippen LogP contribution in [-0.2, 0) is 22.1 Å². The van der Waals surface area contributed by atoms with Crippen LogP contribution in [0.1, 0.15) is 20.3 Å². The molecule has 0 bridgehead atoms. The summed E-state index contributed by atoms with van der Waals surface area (Å²) in [7, 11) is -18.5. The Labute approximate surface area is 535 Å². The molecule has 0 aliphatic carbocycles. The first kappa shape index (κ1) is 102. The normalized spacial score (nSPS) is 13.6. The fourth-order valence-electron chi connectivity index (χ4n) is 4.63. The Kier molecular flexibility index (Phi) is 47.6. The van der Waals surface area contributed by atoms with E-state index >= 15 is 0 Å². The van der Waals surface area contributed by atoms with Gasteiger partial charge in [0.1, 0.15) is 40.1 Å². The van der Waals surface area contributed by atoms with Crippen molar-refractivity contribution in [2.45, 2.75) is 152 Å². The van der Waals surface area contributed by atoms with Gasteiger partial charge in [-0.3, -0.25) is 0 Å². The quantitative estimate of drug-likeness (QED) is 0.0496. The third-order valence-electron chi connectivity index (χ3n) is 12.0. The van der Waals surface area contributed by atoms with E-state index in [0.29, 0.717) is 6.04 Å². The fourth-order valence-corrected chi connectivity index (χ4v) is 13.6. The molecule has 93 heavy (non-hydrogen) atoms. The highest BCUT2D eigenvalue weighted by molar-refractivity contribution is 6.89. The Hall–Kier alpha value is -4.14. The van der Waals surface area contributed by atoms with E-state index in [1.165, 1.54) is 70.1 Å². The summed E-state index contributed by atoms with van der Waals surface area (Å²) in [6, 6.07) is -2.38. The van der Waals surface area contributed by atoms with E-state index in [9.17, 15) is 114 Å². The Morgan fingerprint density at radius 2 is 0.602 bits per heavy atom.